The van der Waals surface area contributed by atoms with Gasteiger partial charge in [0.05, 0.1) is 12.4 Å². The number of aromatic nitrogens is 3. The van der Waals surface area contributed by atoms with Gasteiger partial charge in [-0.25, -0.2) is 4.39 Å². The van der Waals surface area contributed by atoms with E-state index in [1.165, 1.54) is 6.07 Å². The second-order valence-electron chi connectivity index (χ2n) is 6.69. The molecular formula is C20H21ClFN5. The molecule has 4 rings (SSSR count). The second kappa shape index (κ2) is 8.17. The van der Waals surface area contributed by atoms with E-state index in [1.54, 1.807) is 24.5 Å². The highest BCUT2D eigenvalue weighted by Gasteiger charge is 2.20. The molecule has 5 nitrogen and oxygen atoms in total. The van der Waals surface area contributed by atoms with Crippen LogP contribution in [0.5, 0.6) is 0 Å². The summed E-state index contributed by atoms with van der Waals surface area (Å²) in [6.45, 7) is 4.83. The zero-order chi connectivity index (χ0) is 18.6. The maximum Gasteiger partial charge on any atom is 0.129 e. The molecule has 1 aromatic carbocycles. The SMILES string of the molecule is Fc1cccc(Cl)c1CN1CCN(Cn2nccc2-c2ccncc2)CC1. The van der Waals surface area contributed by atoms with E-state index in [0.717, 1.165) is 44.1 Å². The van der Waals surface area contributed by atoms with E-state index in [-0.39, 0.29) is 5.82 Å². The van der Waals surface area contributed by atoms with Crippen LogP contribution in [-0.4, -0.2) is 50.7 Å². The summed E-state index contributed by atoms with van der Waals surface area (Å²) < 4.78 is 16.0. The molecule has 0 radical (unpaired) electrons. The Bertz CT molecular complexity index is 870. The van der Waals surface area contributed by atoms with Gasteiger partial charge in [-0.15, -0.1) is 0 Å². The normalized spacial score (nSPS) is 15.9. The molecule has 1 aliphatic rings. The lowest BCUT2D eigenvalue weighted by molar-refractivity contribution is 0.0987. The molecule has 2 aromatic heterocycles. The number of nitrogens with zero attached hydrogens (tertiary/aromatic N) is 5. The van der Waals surface area contributed by atoms with E-state index in [0.29, 0.717) is 17.1 Å². The fourth-order valence-electron chi connectivity index (χ4n) is 3.40. The lowest BCUT2D eigenvalue weighted by Gasteiger charge is -2.35. The van der Waals surface area contributed by atoms with Crippen molar-refractivity contribution in [2.75, 3.05) is 26.2 Å². The number of piperazine rings is 1. The Kier molecular flexibility index (Phi) is 5.48. The number of hydrogen-bond donors (Lipinski definition) is 0. The predicted octanol–water partition coefficient (Wildman–Crippen LogP) is 3.51. The molecule has 7 heteroatoms. The van der Waals surface area contributed by atoms with Gasteiger partial charge >= 0.3 is 0 Å². The van der Waals surface area contributed by atoms with Gasteiger partial charge in [0.25, 0.3) is 0 Å². The van der Waals surface area contributed by atoms with Crippen LogP contribution in [-0.2, 0) is 13.2 Å². The van der Waals surface area contributed by atoms with Crippen molar-refractivity contribution in [2.45, 2.75) is 13.2 Å². The predicted molar refractivity (Wildman–Crippen MR) is 104 cm³/mol. The average molecular weight is 386 g/mol. The summed E-state index contributed by atoms with van der Waals surface area (Å²) >= 11 is 6.15. The molecule has 0 amide bonds. The van der Waals surface area contributed by atoms with Gasteiger partial charge in [-0.3, -0.25) is 19.5 Å². The van der Waals surface area contributed by atoms with E-state index in [4.69, 9.17) is 11.6 Å². The van der Waals surface area contributed by atoms with Gasteiger partial charge in [-0.1, -0.05) is 17.7 Å². The minimum Gasteiger partial charge on any atom is -0.296 e. The smallest absolute Gasteiger partial charge is 0.129 e. The zero-order valence-electron chi connectivity index (χ0n) is 14.9. The van der Waals surface area contributed by atoms with Crippen molar-refractivity contribution in [3.05, 3.63) is 71.4 Å². The topological polar surface area (TPSA) is 37.2 Å². The van der Waals surface area contributed by atoms with Gasteiger partial charge in [-0.2, -0.15) is 5.10 Å². The summed E-state index contributed by atoms with van der Waals surface area (Å²) in [6, 6.07) is 10.9. The molecule has 3 heterocycles. The first-order chi connectivity index (χ1) is 13.2. The molecule has 1 fully saturated rings. The first kappa shape index (κ1) is 18.1. The third-order valence-corrected chi connectivity index (χ3v) is 5.29. The van der Waals surface area contributed by atoms with Crippen LogP contribution < -0.4 is 0 Å². The van der Waals surface area contributed by atoms with Crippen LogP contribution in [0.3, 0.4) is 0 Å². The Morgan fingerprint density at radius 1 is 0.926 bits per heavy atom. The van der Waals surface area contributed by atoms with E-state index < -0.39 is 0 Å². The van der Waals surface area contributed by atoms with E-state index in [1.807, 2.05) is 29.1 Å². The summed E-state index contributed by atoms with van der Waals surface area (Å²) in [7, 11) is 0. The largest absolute Gasteiger partial charge is 0.296 e. The fourth-order valence-corrected chi connectivity index (χ4v) is 3.62. The summed E-state index contributed by atoms with van der Waals surface area (Å²) in [5, 5.41) is 4.97. The fraction of sp³-hybridized carbons (Fsp3) is 0.300. The third-order valence-electron chi connectivity index (χ3n) is 4.93. The number of pyridine rings is 1. The average Bonchev–Trinajstić information content (AvgIpc) is 3.15. The quantitative estimate of drug-likeness (QED) is 0.673. The van der Waals surface area contributed by atoms with Crippen LogP contribution in [0.2, 0.25) is 5.02 Å². The second-order valence-corrected chi connectivity index (χ2v) is 7.09. The van der Waals surface area contributed by atoms with Crippen molar-refractivity contribution >= 4 is 11.6 Å². The minimum atomic E-state index is -0.233. The van der Waals surface area contributed by atoms with Crippen LogP contribution in [0.4, 0.5) is 4.39 Å². The molecule has 0 aliphatic carbocycles. The Labute approximate surface area is 163 Å². The van der Waals surface area contributed by atoms with Crippen LogP contribution in [0, 0.1) is 5.82 Å². The molecule has 0 spiro atoms. The van der Waals surface area contributed by atoms with E-state index in [9.17, 15) is 4.39 Å². The summed E-state index contributed by atoms with van der Waals surface area (Å²) in [5.41, 5.74) is 2.77. The van der Waals surface area contributed by atoms with Crippen molar-refractivity contribution in [3.8, 4) is 11.3 Å². The van der Waals surface area contributed by atoms with Gasteiger partial charge in [-0.05, 0) is 30.3 Å². The number of hydrogen-bond acceptors (Lipinski definition) is 4. The van der Waals surface area contributed by atoms with Crippen LogP contribution >= 0.6 is 11.6 Å². The van der Waals surface area contributed by atoms with Gasteiger partial charge in [0.15, 0.2) is 0 Å². The first-order valence-electron chi connectivity index (χ1n) is 9.00. The van der Waals surface area contributed by atoms with Gasteiger partial charge < -0.3 is 0 Å². The Morgan fingerprint density at radius 3 is 2.41 bits per heavy atom. The molecule has 1 aliphatic heterocycles. The summed E-state index contributed by atoms with van der Waals surface area (Å²) in [4.78, 5) is 8.68. The van der Waals surface area contributed by atoms with E-state index in [2.05, 4.69) is 19.9 Å². The third kappa shape index (κ3) is 4.18. The monoisotopic (exact) mass is 385 g/mol. The van der Waals surface area contributed by atoms with Crippen molar-refractivity contribution < 1.29 is 4.39 Å². The Balaban J connectivity index is 1.36. The maximum atomic E-state index is 14.0. The minimum absolute atomic E-state index is 0.233. The van der Waals surface area contributed by atoms with Crippen molar-refractivity contribution in [3.63, 3.8) is 0 Å². The molecule has 0 saturated carbocycles. The Morgan fingerprint density at radius 2 is 1.67 bits per heavy atom. The maximum absolute atomic E-state index is 14.0. The molecule has 0 unspecified atom stereocenters. The molecule has 1 saturated heterocycles. The lowest BCUT2D eigenvalue weighted by Crippen LogP contribution is -2.46. The molecule has 27 heavy (non-hydrogen) atoms. The highest BCUT2D eigenvalue weighted by Crippen LogP contribution is 2.22. The van der Waals surface area contributed by atoms with Crippen molar-refractivity contribution in [2.24, 2.45) is 0 Å². The van der Waals surface area contributed by atoms with Crippen molar-refractivity contribution in [1.82, 2.24) is 24.6 Å². The van der Waals surface area contributed by atoms with Gasteiger partial charge in [0, 0.05) is 67.5 Å². The summed E-state index contributed by atoms with van der Waals surface area (Å²) in [5.74, 6) is -0.233. The molecule has 0 N–H and O–H groups in total. The molecule has 0 atom stereocenters. The molecule has 3 aromatic rings. The molecular weight excluding hydrogens is 365 g/mol. The highest BCUT2D eigenvalue weighted by molar-refractivity contribution is 6.31. The lowest BCUT2D eigenvalue weighted by atomic mass is 10.2. The van der Waals surface area contributed by atoms with E-state index >= 15 is 0 Å². The standard InChI is InChI=1S/C20H21ClFN5/c21-18-2-1-3-19(22)17(18)14-25-10-12-26(13-11-25)15-27-20(6-9-24-27)16-4-7-23-8-5-16/h1-9H,10-15H2. The first-order valence-corrected chi connectivity index (χ1v) is 9.38. The zero-order valence-corrected chi connectivity index (χ0v) is 15.7. The van der Waals surface area contributed by atoms with Crippen LogP contribution in [0.15, 0.2) is 55.0 Å². The Hall–Kier alpha value is -2.28. The number of halogens is 2. The van der Waals surface area contributed by atoms with Crippen LogP contribution in [0.1, 0.15) is 5.56 Å². The molecule has 140 valence electrons. The van der Waals surface area contributed by atoms with Crippen LogP contribution in [0.25, 0.3) is 11.3 Å². The highest BCUT2D eigenvalue weighted by atomic mass is 35.5. The van der Waals surface area contributed by atoms with Gasteiger partial charge in [0.2, 0.25) is 0 Å². The van der Waals surface area contributed by atoms with Crippen molar-refractivity contribution in [1.29, 1.82) is 0 Å². The summed E-state index contributed by atoms with van der Waals surface area (Å²) in [6.07, 6.45) is 5.41. The number of benzene rings is 1. The van der Waals surface area contributed by atoms with Gasteiger partial charge in [0.1, 0.15) is 5.82 Å². The number of rotatable bonds is 5. The molecule has 0 bridgehead atoms.